The standard InChI is InChI=1S/C16H16N8O5S3.Na/c1-23-5-18-21-16(23)32-3-6-2-30-13-9(12(26)24(13)10(6)14(27)28)20-11(25)8(22-29)7-4-31-15(17)19-7;/h4-5,9,13,29H,2-3H2,1H3,(H2,17,19)(H,20,25)(H,27,28);/q;+1/p-1/t9?,13-;/m1./s1. The Hall–Kier alpha value is -2.11. The third-order valence-electron chi connectivity index (χ3n) is 4.65. The van der Waals surface area contributed by atoms with E-state index >= 15 is 0 Å². The first-order valence-corrected chi connectivity index (χ1v) is 11.8. The maximum Gasteiger partial charge on any atom is 1.00 e. The number of nitrogens with two attached hydrogens (primary N) is 1. The van der Waals surface area contributed by atoms with Crippen molar-refractivity contribution >= 4 is 63.5 Å². The number of carbonyl (C=O) groups excluding carboxylic acids is 3. The fourth-order valence-electron chi connectivity index (χ4n) is 3.16. The molecule has 0 radical (unpaired) electrons. The van der Waals surface area contributed by atoms with Crippen molar-refractivity contribution in [2.24, 2.45) is 12.2 Å². The summed E-state index contributed by atoms with van der Waals surface area (Å²) in [6.45, 7) is 0. The largest absolute Gasteiger partial charge is 1.00 e. The van der Waals surface area contributed by atoms with Crippen LogP contribution in [0.3, 0.4) is 0 Å². The van der Waals surface area contributed by atoms with E-state index in [9.17, 15) is 24.7 Å². The Morgan fingerprint density at radius 3 is 2.82 bits per heavy atom. The minimum absolute atomic E-state index is 0. The topological polar surface area (TPSA) is 192 Å². The number of hydrogen-bond donors (Lipinski definition) is 3. The van der Waals surface area contributed by atoms with Gasteiger partial charge in [0.05, 0.1) is 11.7 Å². The molecule has 0 bridgehead atoms. The van der Waals surface area contributed by atoms with Gasteiger partial charge in [-0.25, -0.2) is 4.98 Å². The number of carbonyl (C=O) groups is 3. The molecular formula is C16H15N8NaO5S3. The summed E-state index contributed by atoms with van der Waals surface area (Å²) in [7, 11) is 1.76. The molecule has 0 spiro atoms. The summed E-state index contributed by atoms with van der Waals surface area (Å²) in [5.74, 6) is -2.32. The molecule has 0 aromatic carbocycles. The summed E-state index contributed by atoms with van der Waals surface area (Å²) in [6.07, 6.45) is 1.53. The van der Waals surface area contributed by atoms with Crippen LogP contribution in [-0.4, -0.2) is 76.3 Å². The second-order valence-electron chi connectivity index (χ2n) is 6.63. The van der Waals surface area contributed by atoms with Crippen molar-refractivity contribution in [3.63, 3.8) is 0 Å². The molecule has 1 fully saturated rings. The molecule has 4 heterocycles. The van der Waals surface area contributed by atoms with Gasteiger partial charge in [-0.2, -0.15) is 0 Å². The van der Waals surface area contributed by atoms with Gasteiger partial charge in [-0.05, 0) is 5.57 Å². The van der Waals surface area contributed by atoms with Crippen LogP contribution in [0.25, 0.3) is 0 Å². The van der Waals surface area contributed by atoms with Crippen LogP contribution in [0.1, 0.15) is 5.69 Å². The fraction of sp³-hybridized carbons (Fsp3) is 0.312. The molecule has 2 aliphatic heterocycles. The monoisotopic (exact) mass is 518 g/mol. The van der Waals surface area contributed by atoms with Gasteiger partial charge in [0.1, 0.15) is 23.4 Å². The number of β-lactam (4-membered cyclic amide) rings is 1. The Balaban J connectivity index is 0.00000306. The van der Waals surface area contributed by atoms with Gasteiger partial charge in [0.15, 0.2) is 16.0 Å². The second kappa shape index (κ2) is 10.4. The molecule has 0 aliphatic carbocycles. The van der Waals surface area contributed by atoms with E-state index in [0.29, 0.717) is 16.5 Å². The van der Waals surface area contributed by atoms with Crippen molar-refractivity contribution in [2.75, 3.05) is 17.2 Å². The molecule has 13 nitrogen and oxygen atoms in total. The van der Waals surface area contributed by atoms with Crippen LogP contribution < -0.4 is 45.7 Å². The van der Waals surface area contributed by atoms with Crippen molar-refractivity contribution in [3.05, 3.63) is 28.7 Å². The second-order valence-corrected chi connectivity index (χ2v) is 9.57. The molecule has 2 atom stereocenters. The summed E-state index contributed by atoms with van der Waals surface area (Å²) >= 11 is 3.65. The number of amides is 2. The fourth-order valence-corrected chi connectivity index (χ4v) is 6.08. The van der Waals surface area contributed by atoms with Gasteiger partial charge in [0.25, 0.3) is 11.8 Å². The zero-order valence-corrected chi connectivity index (χ0v) is 21.7. The summed E-state index contributed by atoms with van der Waals surface area (Å²) < 4.78 is 1.69. The van der Waals surface area contributed by atoms with E-state index in [1.54, 1.807) is 11.6 Å². The van der Waals surface area contributed by atoms with Crippen LogP contribution in [0, 0.1) is 0 Å². The Kier molecular flexibility index (Phi) is 8.07. The number of fused-ring (bicyclic) bond motifs is 1. The predicted octanol–water partition coefficient (Wildman–Crippen LogP) is -4.77. The molecule has 17 heteroatoms. The average molecular weight is 519 g/mol. The normalized spacial score (nSPS) is 20.1. The van der Waals surface area contributed by atoms with Gasteiger partial charge in [0, 0.05) is 23.9 Å². The number of anilines is 1. The number of hydrogen-bond acceptors (Lipinski definition) is 13. The Bertz CT molecular complexity index is 1160. The van der Waals surface area contributed by atoms with Gasteiger partial charge < -0.3 is 30.7 Å². The first-order valence-electron chi connectivity index (χ1n) is 8.91. The summed E-state index contributed by atoms with van der Waals surface area (Å²) in [5.41, 5.74) is 5.50. The van der Waals surface area contributed by atoms with E-state index in [4.69, 9.17) is 5.73 Å². The van der Waals surface area contributed by atoms with Crippen molar-refractivity contribution in [2.45, 2.75) is 16.6 Å². The molecule has 2 amide bonds. The molecule has 1 saturated heterocycles. The number of aliphatic carboxylic acids is 1. The van der Waals surface area contributed by atoms with Gasteiger partial charge in [0.2, 0.25) is 0 Å². The molecule has 168 valence electrons. The summed E-state index contributed by atoms with van der Waals surface area (Å²) in [5, 5.41) is 35.8. The molecule has 2 aliphatic rings. The van der Waals surface area contributed by atoms with Crippen LogP contribution >= 0.6 is 34.9 Å². The Morgan fingerprint density at radius 2 is 2.24 bits per heavy atom. The predicted molar refractivity (Wildman–Crippen MR) is 114 cm³/mol. The van der Waals surface area contributed by atoms with E-state index in [1.807, 2.05) is 0 Å². The van der Waals surface area contributed by atoms with Crippen molar-refractivity contribution in [1.82, 2.24) is 30.0 Å². The van der Waals surface area contributed by atoms with Gasteiger partial charge in [-0.3, -0.25) is 14.5 Å². The molecule has 4 N–H and O–H groups in total. The molecule has 0 saturated carbocycles. The van der Waals surface area contributed by atoms with Crippen LogP contribution in [0.5, 0.6) is 0 Å². The first-order chi connectivity index (χ1) is 15.3. The van der Waals surface area contributed by atoms with E-state index in [0.717, 1.165) is 16.2 Å². The van der Waals surface area contributed by atoms with Crippen molar-refractivity contribution in [3.8, 4) is 0 Å². The maximum atomic E-state index is 12.7. The van der Waals surface area contributed by atoms with Crippen molar-refractivity contribution in [1.29, 1.82) is 0 Å². The maximum absolute atomic E-state index is 12.7. The third kappa shape index (κ3) is 4.90. The summed E-state index contributed by atoms with van der Waals surface area (Å²) in [6, 6.07) is -0.998. The number of nitrogens with zero attached hydrogens (tertiary/aromatic N) is 6. The van der Waals surface area contributed by atoms with Gasteiger partial charge in [-0.15, -0.1) is 33.3 Å². The molecule has 33 heavy (non-hydrogen) atoms. The number of thioether (sulfide) groups is 2. The minimum Gasteiger partial charge on any atom is -0.543 e. The SMILES string of the molecule is Cn1cnnc1SCC1=C(C(=O)[O-])N2C(=O)C(NC(=O)C(=NO)c3csc(N)n3)[C@H]2SC1.[Na+]. The van der Waals surface area contributed by atoms with Crippen LogP contribution in [0.2, 0.25) is 0 Å². The molecular weight excluding hydrogens is 503 g/mol. The smallest absolute Gasteiger partial charge is 0.543 e. The van der Waals surface area contributed by atoms with Crippen LogP contribution in [0.15, 0.2) is 33.3 Å². The number of nitrogen functional groups attached to an aromatic ring is 1. The zero-order chi connectivity index (χ0) is 23.0. The van der Waals surface area contributed by atoms with Crippen LogP contribution in [0.4, 0.5) is 5.13 Å². The number of carboxylic acid groups (broad SMARTS) is 1. The Labute approximate surface area is 221 Å². The minimum atomic E-state index is -1.47. The van der Waals surface area contributed by atoms with E-state index in [-0.39, 0.29) is 51.8 Å². The summed E-state index contributed by atoms with van der Waals surface area (Å²) in [4.78, 5) is 42.1. The number of thiazole rings is 1. The first kappa shape index (κ1) is 25.5. The molecule has 2 aromatic heterocycles. The molecule has 2 aromatic rings. The molecule has 4 rings (SSSR count). The number of aryl methyl sites for hydroxylation is 1. The number of rotatable bonds is 7. The molecule has 1 unspecified atom stereocenters. The number of oxime groups is 1. The number of nitrogens with one attached hydrogen (secondary N) is 1. The van der Waals surface area contributed by atoms with Crippen LogP contribution in [-0.2, 0) is 21.4 Å². The van der Waals surface area contributed by atoms with E-state index in [1.165, 1.54) is 35.2 Å². The van der Waals surface area contributed by atoms with E-state index < -0.39 is 34.9 Å². The van der Waals surface area contributed by atoms with Gasteiger partial charge >= 0.3 is 29.6 Å². The number of aromatic nitrogens is 4. The van der Waals surface area contributed by atoms with E-state index in [2.05, 4.69) is 25.7 Å². The number of carboxylic acids is 1. The Morgan fingerprint density at radius 1 is 1.48 bits per heavy atom. The van der Waals surface area contributed by atoms with Gasteiger partial charge in [-0.1, -0.05) is 16.9 Å². The van der Waals surface area contributed by atoms with Crippen molar-refractivity contribution < 1.29 is 54.3 Å². The third-order valence-corrected chi connectivity index (χ3v) is 7.79. The quantitative estimate of drug-likeness (QED) is 0.0796. The zero-order valence-electron chi connectivity index (χ0n) is 17.3. The average Bonchev–Trinajstić information content (AvgIpc) is 3.37.